The molecular weight excluding hydrogens is 428 g/mol. The number of nitrogens with one attached hydrogen (secondary N) is 1. The van der Waals surface area contributed by atoms with Gasteiger partial charge in [-0.05, 0) is 42.8 Å². The number of H-pyrrole nitrogens is 1. The molecule has 0 spiro atoms. The molecule has 170 valence electrons. The predicted molar refractivity (Wildman–Crippen MR) is 143 cm³/mol. The van der Waals surface area contributed by atoms with Gasteiger partial charge in [-0.1, -0.05) is 38.1 Å². The predicted octanol–water partition coefficient (Wildman–Crippen LogP) is 7.97. The van der Waals surface area contributed by atoms with E-state index in [-0.39, 0.29) is 0 Å². The van der Waals surface area contributed by atoms with Crippen molar-refractivity contribution in [2.75, 3.05) is 26.1 Å². The lowest BCUT2D eigenvalue weighted by molar-refractivity contribution is 0.415. The van der Waals surface area contributed by atoms with E-state index in [1.165, 1.54) is 39.3 Å². The van der Waals surface area contributed by atoms with Crippen LogP contribution in [0.2, 0.25) is 0 Å². The molecule has 5 rings (SSSR count). The van der Waals surface area contributed by atoms with Crippen molar-refractivity contribution in [1.29, 1.82) is 0 Å². The number of aromatic nitrogens is 1. The van der Waals surface area contributed by atoms with Crippen LogP contribution >= 0.6 is 12.0 Å². The highest BCUT2D eigenvalue weighted by molar-refractivity contribution is 7.95. The summed E-state index contributed by atoms with van der Waals surface area (Å²) in [6.07, 6.45) is 0. The van der Waals surface area contributed by atoms with Crippen LogP contribution in [0.3, 0.4) is 0 Å². The average molecular weight is 459 g/mol. The highest BCUT2D eigenvalue weighted by Gasteiger charge is 2.12. The second-order valence-corrected chi connectivity index (χ2v) is 8.66. The van der Waals surface area contributed by atoms with E-state index in [4.69, 9.17) is 8.92 Å². The van der Waals surface area contributed by atoms with E-state index in [9.17, 15) is 0 Å². The highest BCUT2D eigenvalue weighted by Crippen LogP contribution is 2.37. The lowest BCUT2D eigenvalue weighted by atomic mass is 10.1. The molecule has 0 amide bonds. The van der Waals surface area contributed by atoms with Gasteiger partial charge in [0.2, 0.25) is 0 Å². The van der Waals surface area contributed by atoms with Crippen molar-refractivity contribution < 1.29 is 8.92 Å². The Hall–Kier alpha value is -3.31. The molecule has 1 N–H and O–H groups in total. The van der Waals surface area contributed by atoms with Crippen molar-refractivity contribution in [3.63, 3.8) is 0 Å². The van der Waals surface area contributed by atoms with Crippen molar-refractivity contribution in [1.82, 2.24) is 4.98 Å². The van der Waals surface area contributed by atoms with E-state index in [0.717, 1.165) is 33.0 Å². The monoisotopic (exact) mass is 458 g/mol. The molecule has 1 aromatic heterocycles. The number of benzene rings is 4. The van der Waals surface area contributed by atoms with Crippen LogP contribution in [0.4, 0.5) is 5.69 Å². The fourth-order valence-electron chi connectivity index (χ4n) is 4.05. The van der Waals surface area contributed by atoms with Gasteiger partial charge in [0.15, 0.2) is 0 Å². The highest BCUT2D eigenvalue weighted by atomic mass is 32.2. The van der Waals surface area contributed by atoms with E-state index >= 15 is 0 Å². The Kier molecular flexibility index (Phi) is 6.70. The molecule has 5 aromatic rings. The molecule has 0 radical (unpaired) electrons. The first-order valence-corrected chi connectivity index (χ1v) is 11.9. The number of anilines is 1. The average Bonchev–Trinajstić information content (AvgIpc) is 3.19. The SMILES string of the molecule is CC.COc1ccc2c(c1)[nH]c1cc(OSc3cccc4c(N(C)C)cccc34)c(C)cc12. The van der Waals surface area contributed by atoms with Crippen LogP contribution < -0.4 is 13.8 Å². The summed E-state index contributed by atoms with van der Waals surface area (Å²) in [4.78, 5) is 6.73. The van der Waals surface area contributed by atoms with Gasteiger partial charge in [-0.2, -0.15) is 0 Å². The molecular formula is C28H30N2O2S. The molecule has 0 saturated heterocycles. The molecule has 5 heteroatoms. The van der Waals surface area contributed by atoms with E-state index < -0.39 is 0 Å². The van der Waals surface area contributed by atoms with Crippen molar-refractivity contribution in [3.05, 3.63) is 72.3 Å². The summed E-state index contributed by atoms with van der Waals surface area (Å²) in [5.74, 6) is 1.70. The summed E-state index contributed by atoms with van der Waals surface area (Å²) >= 11 is 1.41. The van der Waals surface area contributed by atoms with Crippen molar-refractivity contribution in [2.45, 2.75) is 25.7 Å². The molecule has 0 aliphatic carbocycles. The molecule has 0 unspecified atom stereocenters. The van der Waals surface area contributed by atoms with Crippen LogP contribution in [0.5, 0.6) is 11.5 Å². The van der Waals surface area contributed by atoms with Gasteiger partial charge in [-0.25, -0.2) is 0 Å². The molecule has 4 aromatic carbocycles. The van der Waals surface area contributed by atoms with Crippen LogP contribution in [0.1, 0.15) is 19.4 Å². The number of methoxy groups -OCH3 is 1. The molecule has 33 heavy (non-hydrogen) atoms. The first-order chi connectivity index (χ1) is 16.0. The molecule has 0 aliphatic rings. The summed E-state index contributed by atoms with van der Waals surface area (Å²) < 4.78 is 11.6. The number of aryl methyl sites for hydroxylation is 1. The summed E-state index contributed by atoms with van der Waals surface area (Å²) in [7, 11) is 5.82. The third-order valence-corrected chi connectivity index (χ3v) is 6.46. The topological polar surface area (TPSA) is 37.5 Å². The second kappa shape index (κ2) is 9.67. The Bertz CT molecular complexity index is 1420. The Morgan fingerprint density at radius 3 is 2.27 bits per heavy atom. The smallest absolute Gasteiger partial charge is 0.142 e. The lowest BCUT2D eigenvalue weighted by Gasteiger charge is -2.16. The van der Waals surface area contributed by atoms with Gasteiger partial charge in [-0.15, -0.1) is 0 Å². The number of aromatic amines is 1. The molecule has 0 bridgehead atoms. The largest absolute Gasteiger partial charge is 0.497 e. The van der Waals surface area contributed by atoms with Crippen molar-refractivity contribution in [2.24, 2.45) is 0 Å². The number of nitrogens with zero attached hydrogens (tertiary/aromatic N) is 1. The maximum Gasteiger partial charge on any atom is 0.142 e. The third-order valence-electron chi connectivity index (χ3n) is 5.66. The minimum atomic E-state index is 0.843. The summed E-state index contributed by atoms with van der Waals surface area (Å²) in [6, 6.07) is 23.1. The normalized spacial score (nSPS) is 10.8. The summed E-state index contributed by atoms with van der Waals surface area (Å²) in [5.41, 5.74) is 4.41. The summed E-state index contributed by atoms with van der Waals surface area (Å²) in [5, 5.41) is 4.78. The first-order valence-electron chi connectivity index (χ1n) is 11.2. The Balaban J connectivity index is 0.00000126. The zero-order valence-corrected chi connectivity index (χ0v) is 20.8. The number of hydrogen-bond acceptors (Lipinski definition) is 4. The van der Waals surface area contributed by atoms with Crippen LogP contribution in [0.25, 0.3) is 32.6 Å². The zero-order valence-electron chi connectivity index (χ0n) is 20.0. The van der Waals surface area contributed by atoms with Crippen LogP contribution in [0, 0.1) is 6.92 Å². The van der Waals surface area contributed by atoms with Crippen LogP contribution in [-0.4, -0.2) is 26.2 Å². The van der Waals surface area contributed by atoms with Crippen LogP contribution in [-0.2, 0) is 0 Å². The zero-order chi connectivity index (χ0) is 23.5. The van der Waals surface area contributed by atoms with E-state index in [1.54, 1.807) is 7.11 Å². The molecule has 0 atom stereocenters. The van der Waals surface area contributed by atoms with Gasteiger partial charge < -0.3 is 18.8 Å². The molecule has 4 nitrogen and oxygen atoms in total. The lowest BCUT2D eigenvalue weighted by Crippen LogP contribution is -2.08. The minimum absolute atomic E-state index is 0.843. The third kappa shape index (κ3) is 4.33. The first kappa shape index (κ1) is 22.9. The standard InChI is InChI=1S/C26H24N2O2S.C2H6/c1-16-13-21-18-12-11-17(29-4)14-22(18)27-23(21)15-25(16)30-31-26-10-6-7-19-20(26)8-5-9-24(19)28(2)3;1-2/h5-15,27H,1-4H3;1-2H3. The summed E-state index contributed by atoms with van der Waals surface area (Å²) in [6.45, 7) is 6.09. The van der Waals surface area contributed by atoms with E-state index in [2.05, 4.69) is 85.5 Å². The van der Waals surface area contributed by atoms with Gasteiger partial charge in [-0.3, -0.25) is 0 Å². The minimum Gasteiger partial charge on any atom is -0.497 e. The van der Waals surface area contributed by atoms with E-state index in [1.807, 2.05) is 26.0 Å². The van der Waals surface area contributed by atoms with Gasteiger partial charge >= 0.3 is 0 Å². The Morgan fingerprint density at radius 2 is 1.52 bits per heavy atom. The number of rotatable bonds is 5. The maximum atomic E-state index is 6.24. The van der Waals surface area contributed by atoms with E-state index in [0.29, 0.717) is 0 Å². The Labute approximate surface area is 199 Å². The molecule has 0 aliphatic heterocycles. The van der Waals surface area contributed by atoms with Gasteiger partial charge in [0, 0.05) is 53.5 Å². The number of hydrogen-bond donors (Lipinski definition) is 1. The Morgan fingerprint density at radius 1 is 0.788 bits per heavy atom. The van der Waals surface area contributed by atoms with Gasteiger partial charge in [0.25, 0.3) is 0 Å². The molecule has 0 fully saturated rings. The maximum absolute atomic E-state index is 6.24. The van der Waals surface area contributed by atoms with Gasteiger partial charge in [0.1, 0.15) is 11.5 Å². The fourth-order valence-corrected chi connectivity index (χ4v) is 4.82. The quantitative estimate of drug-likeness (QED) is 0.271. The molecule has 1 heterocycles. The van der Waals surface area contributed by atoms with Crippen LogP contribution in [0.15, 0.2) is 71.6 Å². The van der Waals surface area contributed by atoms with Crippen molar-refractivity contribution >= 4 is 50.3 Å². The molecule has 0 saturated carbocycles. The van der Waals surface area contributed by atoms with Gasteiger partial charge in [0.05, 0.1) is 35.1 Å². The number of ether oxygens (including phenoxy) is 1. The van der Waals surface area contributed by atoms with Crippen molar-refractivity contribution in [3.8, 4) is 11.5 Å². The fraction of sp³-hybridized carbons (Fsp3) is 0.214. The number of fused-ring (bicyclic) bond motifs is 4. The second-order valence-electron chi connectivity index (χ2n) is 7.89.